The van der Waals surface area contributed by atoms with E-state index >= 15 is 0 Å². The van der Waals surface area contributed by atoms with Gasteiger partial charge in [-0.25, -0.2) is 0 Å². The van der Waals surface area contributed by atoms with Gasteiger partial charge in [0.2, 0.25) is 0 Å². The highest BCUT2D eigenvalue weighted by atomic mass is 79.9. The number of aldehydes is 1. The largest absolute Gasteiger partial charge is 0.494 e. The summed E-state index contributed by atoms with van der Waals surface area (Å²) < 4.78 is 7.80. The third-order valence-electron chi connectivity index (χ3n) is 3.57. The fraction of sp³-hybridized carbons (Fsp3) is 0.312. The van der Waals surface area contributed by atoms with Crippen LogP contribution in [0.1, 0.15) is 24.6 Å². The van der Waals surface area contributed by atoms with Gasteiger partial charge in [0.25, 0.3) is 0 Å². The topological polar surface area (TPSA) is 43.3 Å². The second-order valence-corrected chi connectivity index (χ2v) is 5.78. The molecule has 1 unspecified atom stereocenters. The standard InChI is InChI=1S/C16H17BrN2O2/c17-7-1-2-9-21-12-5-6-16-13(10-12)18-14(11-20)15-4-3-8-19(15)16/h3-6,8,10-11,14,18H,1-2,7,9H2. The highest BCUT2D eigenvalue weighted by molar-refractivity contribution is 9.09. The van der Waals surface area contributed by atoms with Gasteiger partial charge in [-0.05, 0) is 37.1 Å². The second kappa shape index (κ2) is 6.35. The van der Waals surface area contributed by atoms with Crippen LogP contribution >= 0.6 is 15.9 Å². The van der Waals surface area contributed by atoms with E-state index < -0.39 is 0 Å². The van der Waals surface area contributed by atoms with Gasteiger partial charge in [0, 0.05) is 17.6 Å². The van der Waals surface area contributed by atoms with Crippen molar-refractivity contribution in [2.75, 3.05) is 17.3 Å². The Morgan fingerprint density at radius 2 is 2.24 bits per heavy atom. The Balaban J connectivity index is 1.82. The molecule has 2 aromatic rings. The van der Waals surface area contributed by atoms with E-state index in [2.05, 4.69) is 21.2 Å². The second-order valence-electron chi connectivity index (χ2n) is 4.98. The van der Waals surface area contributed by atoms with Crippen molar-refractivity contribution in [3.8, 4) is 11.4 Å². The maximum Gasteiger partial charge on any atom is 0.148 e. The minimum Gasteiger partial charge on any atom is -0.494 e. The van der Waals surface area contributed by atoms with Crippen LogP contribution in [0.25, 0.3) is 5.69 Å². The quantitative estimate of drug-likeness (QED) is 0.491. The molecular formula is C16H17BrN2O2. The summed E-state index contributed by atoms with van der Waals surface area (Å²) in [7, 11) is 0. The first kappa shape index (κ1) is 14.2. The number of anilines is 1. The molecule has 1 aliphatic heterocycles. The number of hydrogen-bond donors (Lipinski definition) is 1. The first-order valence-electron chi connectivity index (χ1n) is 7.06. The number of fused-ring (bicyclic) bond motifs is 3. The van der Waals surface area contributed by atoms with Gasteiger partial charge < -0.3 is 19.4 Å². The molecule has 0 aliphatic carbocycles. The summed E-state index contributed by atoms with van der Waals surface area (Å²) in [4.78, 5) is 11.2. The van der Waals surface area contributed by atoms with E-state index in [1.54, 1.807) is 0 Å². The third-order valence-corrected chi connectivity index (χ3v) is 4.13. The summed E-state index contributed by atoms with van der Waals surface area (Å²) in [6.07, 6.45) is 5.03. The van der Waals surface area contributed by atoms with Crippen molar-refractivity contribution in [2.45, 2.75) is 18.9 Å². The summed E-state index contributed by atoms with van der Waals surface area (Å²) in [6, 6.07) is 9.55. The lowest BCUT2D eigenvalue weighted by atomic mass is 10.1. The summed E-state index contributed by atoms with van der Waals surface area (Å²) in [5, 5.41) is 4.25. The first-order chi connectivity index (χ1) is 10.3. The van der Waals surface area contributed by atoms with Crippen LogP contribution in [0.3, 0.4) is 0 Å². The van der Waals surface area contributed by atoms with Crippen LogP contribution in [0.4, 0.5) is 5.69 Å². The van der Waals surface area contributed by atoms with Gasteiger partial charge in [0.15, 0.2) is 0 Å². The Hall–Kier alpha value is -1.75. The summed E-state index contributed by atoms with van der Waals surface area (Å²) in [5.41, 5.74) is 2.93. The molecule has 1 aromatic carbocycles. The molecule has 0 bridgehead atoms. The Morgan fingerprint density at radius 1 is 1.33 bits per heavy atom. The first-order valence-corrected chi connectivity index (χ1v) is 8.18. The Morgan fingerprint density at radius 3 is 3.05 bits per heavy atom. The van der Waals surface area contributed by atoms with Gasteiger partial charge in [-0.2, -0.15) is 0 Å². The number of carbonyl (C=O) groups excluding carboxylic acids is 1. The van der Waals surface area contributed by atoms with E-state index in [4.69, 9.17) is 4.74 Å². The molecule has 5 heteroatoms. The van der Waals surface area contributed by atoms with Crippen molar-refractivity contribution in [3.63, 3.8) is 0 Å². The number of ether oxygens (including phenoxy) is 1. The number of nitrogens with zero attached hydrogens (tertiary/aromatic N) is 1. The molecule has 1 atom stereocenters. The molecule has 1 aliphatic rings. The lowest BCUT2D eigenvalue weighted by Crippen LogP contribution is -2.21. The van der Waals surface area contributed by atoms with Crippen molar-refractivity contribution in [1.82, 2.24) is 4.57 Å². The van der Waals surface area contributed by atoms with Crippen molar-refractivity contribution in [3.05, 3.63) is 42.2 Å². The van der Waals surface area contributed by atoms with Crippen LogP contribution in [0.2, 0.25) is 0 Å². The molecule has 0 spiro atoms. The molecule has 0 fully saturated rings. The highest BCUT2D eigenvalue weighted by Gasteiger charge is 2.23. The number of aromatic nitrogens is 1. The van der Waals surface area contributed by atoms with Crippen molar-refractivity contribution in [2.24, 2.45) is 0 Å². The van der Waals surface area contributed by atoms with E-state index in [-0.39, 0.29) is 6.04 Å². The highest BCUT2D eigenvalue weighted by Crippen LogP contribution is 2.35. The smallest absolute Gasteiger partial charge is 0.148 e. The molecule has 110 valence electrons. The molecule has 2 heterocycles. The fourth-order valence-electron chi connectivity index (χ4n) is 2.53. The molecular weight excluding hydrogens is 332 g/mol. The van der Waals surface area contributed by atoms with Crippen LogP contribution in [0.5, 0.6) is 5.75 Å². The molecule has 1 N–H and O–H groups in total. The predicted octanol–water partition coefficient (Wildman–Crippen LogP) is 3.70. The molecule has 3 rings (SSSR count). The van der Waals surface area contributed by atoms with Crippen LogP contribution in [-0.4, -0.2) is 22.8 Å². The lowest BCUT2D eigenvalue weighted by molar-refractivity contribution is -0.108. The normalized spacial score (nSPS) is 15.8. The van der Waals surface area contributed by atoms with Gasteiger partial charge >= 0.3 is 0 Å². The van der Waals surface area contributed by atoms with E-state index in [1.807, 2.05) is 41.1 Å². The number of unbranched alkanes of at least 4 members (excludes halogenated alkanes) is 1. The zero-order valence-corrected chi connectivity index (χ0v) is 13.2. The molecule has 4 nitrogen and oxygen atoms in total. The number of benzene rings is 1. The fourth-order valence-corrected chi connectivity index (χ4v) is 2.93. The maximum absolute atomic E-state index is 11.2. The monoisotopic (exact) mass is 348 g/mol. The van der Waals surface area contributed by atoms with Gasteiger partial charge in [0.1, 0.15) is 18.1 Å². The molecule has 0 saturated heterocycles. The van der Waals surface area contributed by atoms with E-state index in [0.29, 0.717) is 6.61 Å². The average molecular weight is 349 g/mol. The van der Waals surface area contributed by atoms with E-state index in [0.717, 1.165) is 47.3 Å². The van der Waals surface area contributed by atoms with E-state index in [1.165, 1.54) is 0 Å². The number of carbonyl (C=O) groups is 1. The van der Waals surface area contributed by atoms with Crippen LogP contribution in [-0.2, 0) is 4.79 Å². The van der Waals surface area contributed by atoms with Gasteiger partial charge in [0.05, 0.1) is 23.7 Å². The minimum absolute atomic E-state index is 0.309. The van der Waals surface area contributed by atoms with Crippen LogP contribution < -0.4 is 10.1 Å². The van der Waals surface area contributed by atoms with Crippen LogP contribution in [0, 0.1) is 0 Å². The van der Waals surface area contributed by atoms with Gasteiger partial charge in [-0.1, -0.05) is 15.9 Å². The van der Waals surface area contributed by atoms with E-state index in [9.17, 15) is 4.79 Å². The summed E-state index contributed by atoms with van der Waals surface area (Å²) in [6.45, 7) is 0.705. The number of alkyl halides is 1. The Kier molecular flexibility index (Phi) is 4.29. The number of hydrogen-bond acceptors (Lipinski definition) is 3. The van der Waals surface area contributed by atoms with Gasteiger partial charge in [-0.15, -0.1) is 0 Å². The Bertz CT molecular complexity index is 639. The molecule has 0 radical (unpaired) electrons. The zero-order chi connectivity index (χ0) is 14.7. The van der Waals surface area contributed by atoms with Crippen molar-refractivity contribution in [1.29, 1.82) is 0 Å². The summed E-state index contributed by atoms with van der Waals surface area (Å²) in [5.74, 6) is 0.830. The summed E-state index contributed by atoms with van der Waals surface area (Å²) >= 11 is 3.41. The number of nitrogens with one attached hydrogen (secondary N) is 1. The zero-order valence-electron chi connectivity index (χ0n) is 11.6. The average Bonchev–Trinajstić information content (AvgIpc) is 3.00. The third kappa shape index (κ3) is 2.83. The molecule has 21 heavy (non-hydrogen) atoms. The van der Waals surface area contributed by atoms with Crippen molar-refractivity contribution < 1.29 is 9.53 Å². The SMILES string of the molecule is O=CC1Nc2cc(OCCCCBr)ccc2-n2cccc21. The predicted molar refractivity (Wildman–Crippen MR) is 86.7 cm³/mol. The Labute approximate surface area is 132 Å². The molecule has 1 aromatic heterocycles. The maximum atomic E-state index is 11.2. The molecule has 0 amide bonds. The molecule has 0 saturated carbocycles. The van der Waals surface area contributed by atoms with Crippen LogP contribution in [0.15, 0.2) is 36.5 Å². The lowest BCUT2D eigenvalue weighted by Gasteiger charge is -2.26. The van der Waals surface area contributed by atoms with Crippen molar-refractivity contribution >= 4 is 27.9 Å². The number of halogens is 1. The minimum atomic E-state index is -0.309. The van der Waals surface area contributed by atoms with Gasteiger partial charge in [-0.3, -0.25) is 0 Å². The number of rotatable bonds is 6.